The van der Waals surface area contributed by atoms with Crippen molar-refractivity contribution >= 4 is 36.2 Å². The van der Waals surface area contributed by atoms with Crippen LogP contribution in [-0.4, -0.2) is 57.6 Å². The number of ether oxygens (including phenoxy) is 2. The number of aromatic amines is 1. The van der Waals surface area contributed by atoms with E-state index in [1.165, 1.54) is 6.07 Å². The number of H-pyrrole nitrogens is 1. The number of fused-ring (bicyclic) bond motifs is 1. The third kappa shape index (κ3) is 4.00. The van der Waals surface area contributed by atoms with Gasteiger partial charge in [-0.05, 0) is 18.8 Å². The van der Waals surface area contributed by atoms with Gasteiger partial charge in [0.25, 0.3) is 0 Å². The fraction of sp³-hybridized carbons (Fsp3) is 0.467. The predicted octanol–water partition coefficient (Wildman–Crippen LogP) is 0.579. The molecule has 0 atom stereocenters. The van der Waals surface area contributed by atoms with E-state index in [1.807, 2.05) is 12.5 Å². The van der Waals surface area contributed by atoms with E-state index in [9.17, 15) is 8.78 Å². The van der Waals surface area contributed by atoms with Crippen molar-refractivity contribution in [3.05, 3.63) is 12.3 Å². The van der Waals surface area contributed by atoms with Crippen LogP contribution in [0.15, 0.2) is 12.3 Å². The van der Waals surface area contributed by atoms with E-state index in [0.29, 0.717) is 23.2 Å². The molecule has 1 saturated heterocycles. The van der Waals surface area contributed by atoms with Crippen LogP contribution >= 0.6 is 0 Å². The van der Waals surface area contributed by atoms with Crippen molar-refractivity contribution in [1.82, 2.24) is 29.9 Å². The fourth-order valence-corrected chi connectivity index (χ4v) is 3.11. The van der Waals surface area contributed by atoms with Gasteiger partial charge < -0.3 is 14.8 Å². The second kappa shape index (κ2) is 7.47. The molecule has 27 heavy (non-hydrogen) atoms. The molecule has 0 unspecified atom stereocenters. The van der Waals surface area contributed by atoms with Crippen LogP contribution in [0.3, 0.4) is 0 Å². The first-order chi connectivity index (χ1) is 13.1. The summed E-state index contributed by atoms with van der Waals surface area (Å²) >= 11 is 0. The molecule has 0 aliphatic carbocycles. The quantitative estimate of drug-likeness (QED) is 0.606. The zero-order chi connectivity index (χ0) is 18.8. The van der Waals surface area contributed by atoms with Gasteiger partial charge in [0.1, 0.15) is 5.52 Å². The van der Waals surface area contributed by atoms with Crippen LogP contribution in [0.1, 0.15) is 12.8 Å². The summed E-state index contributed by atoms with van der Waals surface area (Å²) in [4.78, 5) is 9.00. The molecule has 12 heteroatoms. The molecule has 4 rings (SSSR count). The Bertz CT molecular complexity index is 926. The summed E-state index contributed by atoms with van der Waals surface area (Å²) in [6, 6.07) is 1.32. The maximum absolute atomic E-state index is 12.2. The van der Waals surface area contributed by atoms with Crippen molar-refractivity contribution < 1.29 is 18.3 Å². The van der Waals surface area contributed by atoms with E-state index in [1.54, 1.807) is 6.20 Å². The third-order valence-electron chi connectivity index (χ3n) is 4.41. The second-order valence-corrected chi connectivity index (χ2v) is 6.37. The van der Waals surface area contributed by atoms with Gasteiger partial charge in [0.05, 0.1) is 6.20 Å². The molecule has 3 aromatic heterocycles. The fourth-order valence-electron chi connectivity index (χ4n) is 3.11. The molecule has 0 aromatic carbocycles. The van der Waals surface area contributed by atoms with Crippen molar-refractivity contribution in [1.29, 1.82) is 0 Å². The molecule has 4 heterocycles. The van der Waals surface area contributed by atoms with Gasteiger partial charge in [0.2, 0.25) is 5.88 Å². The molecule has 0 radical (unpaired) electrons. The molecule has 3 aromatic rings. The zero-order valence-electron chi connectivity index (χ0n) is 14.7. The summed E-state index contributed by atoms with van der Waals surface area (Å²) in [6.07, 6.45) is 3.54. The number of rotatable bonds is 6. The van der Waals surface area contributed by atoms with Crippen LogP contribution in [0.25, 0.3) is 11.2 Å². The highest BCUT2D eigenvalue weighted by molar-refractivity contribution is 6.36. The van der Waals surface area contributed by atoms with Crippen LogP contribution in [0.5, 0.6) is 5.88 Å². The van der Waals surface area contributed by atoms with Crippen LogP contribution in [-0.2, 0) is 11.3 Å². The summed E-state index contributed by atoms with van der Waals surface area (Å²) in [5, 5.41) is 13.7. The van der Waals surface area contributed by atoms with Crippen LogP contribution in [0, 0.1) is 5.92 Å². The average Bonchev–Trinajstić information content (AvgIpc) is 3.20. The van der Waals surface area contributed by atoms with Gasteiger partial charge >= 0.3 is 6.61 Å². The number of hydrogen-bond donors (Lipinski definition) is 2. The molecule has 9 nitrogen and oxygen atoms in total. The lowest BCUT2D eigenvalue weighted by Gasteiger charge is -2.21. The average molecular weight is 377 g/mol. The van der Waals surface area contributed by atoms with Crippen LogP contribution < -0.4 is 15.6 Å². The summed E-state index contributed by atoms with van der Waals surface area (Å²) < 4.78 is 36.0. The maximum atomic E-state index is 12.2. The molecule has 0 spiro atoms. The van der Waals surface area contributed by atoms with Crippen molar-refractivity contribution in [2.45, 2.75) is 26.0 Å². The summed E-state index contributed by atoms with van der Waals surface area (Å²) in [5.74, 6) is 1.08. The topological polar surface area (TPSA) is 103 Å². The normalized spacial score (nSPS) is 15.5. The molecule has 1 aliphatic rings. The van der Waals surface area contributed by atoms with Gasteiger partial charge in [-0.1, -0.05) is 0 Å². The Balaban J connectivity index is 1.55. The number of nitrogens with zero attached hydrogens (tertiary/aromatic N) is 5. The van der Waals surface area contributed by atoms with Crippen molar-refractivity contribution in [2.75, 3.05) is 18.5 Å². The van der Waals surface area contributed by atoms with E-state index >= 15 is 0 Å². The number of anilines is 2. The lowest BCUT2D eigenvalue weighted by molar-refractivity contribution is -0.0528. The number of alkyl halides is 2. The Morgan fingerprint density at radius 3 is 2.96 bits per heavy atom. The Hall–Kier alpha value is -2.76. The van der Waals surface area contributed by atoms with E-state index in [-0.39, 0.29) is 5.88 Å². The minimum atomic E-state index is -2.92. The van der Waals surface area contributed by atoms with Gasteiger partial charge in [-0.2, -0.15) is 19.0 Å². The van der Waals surface area contributed by atoms with Crippen LogP contribution in [0.4, 0.5) is 20.4 Å². The first-order valence-corrected chi connectivity index (χ1v) is 8.63. The van der Waals surface area contributed by atoms with E-state index in [4.69, 9.17) is 4.74 Å². The highest BCUT2D eigenvalue weighted by atomic mass is 19.3. The van der Waals surface area contributed by atoms with E-state index in [0.717, 1.165) is 43.7 Å². The molecule has 0 saturated carbocycles. The minimum Gasteiger partial charge on any atom is -0.417 e. The molecular weight excluding hydrogens is 359 g/mol. The van der Waals surface area contributed by atoms with E-state index in [2.05, 4.69) is 35.3 Å². The first-order valence-electron chi connectivity index (χ1n) is 8.63. The molecule has 142 valence electrons. The molecule has 1 fully saturated rings. The highest BCUT2D eigenvalue weighted by Gasteiger charge is 2.18. The lowest BCUT2D eigenvalue weighted by atomic mass is 10.0. The van der Waals surface area contributed by atoms with Gasteiger partial charge in [-0.25, -0.2) is 19.7 Å². The molecule has 1 aliphatic heterocycles. The first kappa shape index (κ1) is 17.6. The zero-order valence-corrected chi connectivity index (χ0v) is 14.7. The molecule has 0 amide bonds. The smallest absolute Gasteiger partial charge is 0.388 e. The van der Waals surface area contributed by atoms with Gasteiger partial charge in [-0.15, -0.1) is 0 Å². The standard InChI is InChI=1S/C15H18BF2N7O2/c16-13-12-14(25(24-13)7-8-1-3-26-4-2-8)21-10(6-19-12)20-9-5-11(23-22-9)27-15(17)18/h5-6,8,15H,1-4,7,16H2,(H2,20,21,22,23). The Labute approximate surface area is 153 Å². The lowest BCUT2D eigenvalue weighted by Crippen LogP contribution is -2.21. The Morgan fingerprint density at radius 1 is 1.37 bits per heavy atom. The van der Waals surface area contributed by atoms with Gasteiger partial charge in [0.15, 0.2) is 25.1 Å². The molecule has 2 N–H and O–H groups in total. The van der Waals surface area contributed by atoms with Gasteiger partial charge in [-0.3, -0.25) is 0 Å². The largest absolute Gasteiger partial charge is 0.417 e. The monoisotopic (exact) mass is 377 g/mol. The maximum Gasteiger partial charge on any atom is 0.388 e. The SMILES string of the molecule is Bc1nn(CC2CCOCC2)c2nc(Nc3cc(OC(F)F)[nH]n3)cnc12. The summed E-state index contributed by atoms with van der Waals surface area (Å²) in [7, 11) is 1.90. The third-order valence-corrected chi connectivity index (χ3v) is 4.41. The summed E-state index contributed by atoms with van der Waals surface area (Å²) in [5.41, 5.74) is 2.21. The second-order valence-electron chi connectivity index (χ2n) is 6.37. The number of nitrogens with one attached hydrogen (secondary N) is 2. The van der Waals surface area contributed by atoms with Gasteiger partial charge in [0, 0.05) is 31.4 Å². The highest BCUT2D eigenvalue weighted by Crippen LogP contribution is 2.21. The van der Waals surface area contributed by atoms with Crippen molar-refractivity contribution in [3.63, 3.8) is 0 Å². The van der Waals surface area contributed by atoms with E-state index < -0.39 is 6.61 Å². The number of hydrogen-bond acceptors (Lipinski definition) is 7. The summed E-state index contributed by atoms with van der Waals surface area (Å²) in [6.45, 7) is -0.634. The Kier molecular flexibility index (Phi) is 4.88. The van der Waals surface area contributed by atoms with Crippen LogP contribution in [0.2, 0.25) is 0 Å². The predicted molar refractivity (Wildman–Crippen MR) is 95.5 cm³/mol. The minimum absolute atomic E-state index is 0.137. The van der Waals surface area contributed by atoms with Crippen molar-refractivity contribution in [2.24, 2.45) is 5.92 Å². The molecular formula is C15H18BF2N7O2. The number of halogens is 2. The van der Waals surface area contributed by atoms with Crippen molar-refractivity contribution in [3.8, 4) is 5.88 Å². The number of aromatic nitrogens is 6. The Morgan fingerprint density at radius 2 is 2.19 bits per heavy atom. The molecule has 0 bridgehead atoms.